The maximum absolute atomic E-state index is 12.5. The van der Waals surface area contributed by atoms with Crippen molar-refractivity contribution in [3.8, 4) is 0 Å². The number of rotatable bonds is 7. The number of hydrogen-bond donors (Lipinski definition) is 2. The number of amides is 2. The van der Waals surface area contributed by atoms with Crippen LogP contribution in [0.4, 0.5) is 0 Å². The van der Waals surface area contributed by atoms with Crippen molar-refractivity contribution < 1.29 is 18.0 Å². The minimum absolute atomic E-state index is 0.183. The van der Waals surface area contributed by atoms with Crippen LogP contribution in [0, 0.1) is 5.92 Å². The van der Waals surface area contributed by atoms with Gasteiger partial charge in [-0.25, -0.2) is 8.42 Å². The van der Waals surface area contributed by atoms with Crippen molar-refractivity contribution in [2.75, 3.05) is 13.1 Å². The number of carbonyl (C=O) groups excluding carboxylic acids is 2. The molecular weight excluding hydrogens is 390 g/mol. The van der Waals surface area contributed by atoms with E-state index in [4.69, 9.17) is 0 Å². The molecule has 1 aliphatic carbocycles. The molecular formula is C21H31N3O4S. The zero-order valence-corrected chi connectivity index (χ0v) is 17.7. The molecule has 1 aromatic rings. The van der Waals surface area contributed by atoms with Crippen molar-refractivity contribution in [3.05, 3.63) is 29.8 Å². The fraction of sp³-hybridized carbons (Fsp3) is 0.619. The summed E-state index contributed by atoms with van der Waals surface area (Å²) in [6.45, 7) is 1.08. The summed E-state index contributed by atoms with van der Waals surface area (Å²) >= 11 is 0. The van der Waals surface area contributed by atoms with Gasteiger partial charge in [-0.1, -0.05) is 32.1 Å². The zero-order chi connectivity index (χ0) is 20.7. The Morgan fingerprint density at radius 3 is 2.24 bits per heavy atom. The van der Waals surface area contributed by atoms with E-state index in [0.29, 0.717) is 25.1 Å². The second-order valence-corrected chi connectivity index (χ2v) is 9.97. The van der Waals surface area contributed by atoms with Crippen LogP contribution in [0.15, 0.2) is 29.2 Å². The highest BCUT2D eigenvalue weighted by molar-refractivity contribution is 7.89. The molecule has 0 unspecified atom stereocenters. The third-order valence-electron chi connectivity index (χ3n) is 5.88. The monoisotopic (exact) mass is 421 g/mol. The van der Waals surface area contributed by atoms with Crippen LogP contribution >= 0.6 is 0 Å². The van der Waals surface area contributed by atoms with Gasteiger partial charge in [0, 0.05) is 25.1 Å². The first-order valence-corrected chi connectivity index (χ1v) is 12.1. The lowest BCUT2D eigenvalue weighted by atomic mass is 9.86. The molecule has 1 saturated carbocycles. The molecule has 29 heavy (non-hydrogen) atoms. The van der Waals surface area contributed by atoms with Crippen molar-refractivity contribution in [1.29, 1.82) is 0 Å². The Bertz CT molecular complexity index is 796. The van der Waals surface area contributed by atoms with Gasteiger partial charge < -0.3 is 0 Å². The van der Waals surface area contributed by atoms with Gasteiger partial charge in [-0.05, 0) is 55.9 Å². The molecule has 0 bridgehead atoms. The lowest BCUT2D eigenvalue weighted by molar-refractivity contribution is -0.122. The van der Waals surface area contributed by atoms with E-state index in [9.17, 15) is 18.0 Å². The predicted molar refractivity (Wildman–Crippen MR) is 110 cm³/mol. The normalized spacial score (nSPS) is 18.5. The molecule has 8 heteroatoms. The molecule has 2 amide bonds. The average Bonchev–Trinajstić information content (AvgIpc) is 3.29. The van der Waals surface area contributed by atoms with Crippen molar-refractivity contribution in [2.45, 2.75) is 69.1 Å². The molecule has 2 N–H and O–H groups in total. The summed E-state index contributed by atoms with van der Waals surface area (Å²) in [6.07, 6.45) is 10.5. The number of carbonyl (C=O) groups is 2. The van der Waals surface area contributed by atoms with Crippen molar-refractivity contribution in [2.24, 2.45) is 5.92 Å². The zero-order valence-electron chi connectivity index (χ0n) is 16.9. The van der Waals surface area contributed by atoms with E-state index in [-0.39, 0.29) is 10.8 Å². The number of benzene rings is 1. The Morgan fingerprint density at radius 1 is 0.931 bits per heavy atom. The fourth-order valence-electron chi connectivity index (χ4n) is 4.14. The molecule has 0 spiro atoms. The summed E-state index contributed by atoms with van der Waals surface area (Å²) in [5.74, 6) is 0.0691. The van der Waals surface area contributed by atoms with E-state index in [1.54, 1.807) is 0 Å². The van der Waals surface area contributed by atoms with Gasteiger partial charge in [0.1, 0.15) is 0 Å². The first kappa shape index (κ1) is 21.8. The summed E-state index contributed by atoms with van der Waals surface area (Å²) in [5, 5.41) is 0. The Hall–Kier alpha value is -1.93. The van der Waals surface area contributed by atoms with Gasteiger partial charge in [0.2, 0.25) is 15.9 Å². The van der Waals surface area contributed by atoms with Crippen LogP contribution in [-0.4, -0.2) is 37.6 Å². The molecule has 2 aliphatic rings. The summed E-state index contributed by atoms with van der Waals surface area (Å²) in [6, 6.07) is 5.81. The molecule has 1 aromatic carbocycles. The van der Waals surface area contributed by atoms with Gasteiger partial charge in [0.05, 0.1) is 4.90 Å². The first-order valence-electron chi connectivity index (χ1n) is 10.7. The average molecular weight is 422 g/mol. The Kier molecular flexibility index (Phi) is 7.66. The van der Waals surface area contributed by atoms with Gasteiger partial charge in [0.25, 0.3) is 5.91 Å². The molecule has 3 rings (SSSR count). The lowest BCUT2D eigenvalue weighted by Crippen LogP contribution is -2.41. The van der Waals surface area contributed by atoms with Gasteiger partial charge in [-0.2, -0.15) is 4.31 Å². The molecule has 7 nitrogen and oxygen atoms in total. The molecule has 1 saturated heterocycles. The third kappa shape index (κ3) is 6.02. The molecule has 160 valence electrons. The molecule has 1 aliphatic heterocycles. The SMILES string of the molecule is O=C(CCCC1CCCCC1)NNC(=O)c1ccc(S(=O)(=O)N2CCCC2)cc1. The molecule has 0 radical (unpaired) electrons. The molecule has 2 fully saturated rings. The maximum atomic E-state index is 12.5. The quantitative estimate of drug-likeness (QED) is 0.662. The van der Waals surface area contributed by atoms with Crippen molar-refractivity contribution >= 4 is 21.8 Å². The molecule has 1 heterocycles. The first-order chi connectivity index (χ1) is 14.0. The van der Waals surface area contributed by atoms with Gasteiger partial charge in [-0.15, -0.1) is 0 Å². The Morgan fingerprint density at radius 2 is 1.59 bits per heavy atom. The van der Waals surface area contributed by atoms with Crippen LogP contribution < -0.4 is 10.9 Å². The molecule has 0 atom stereocenters. The van der Waals surface area contributed by atoms with Crippen LogP contribution in [0.5, 0.6) is 0 Å². The minimum Gasteiger partial charge on any atom is -0.273 e. The van der Waals surface area contributed by atoms with Gasteiger partial charge in [-0.3, -0.25) is 20.4 Å². The van der Waals surface area contributed by atoms with Crippen molar-refractivity contribution in [1.82, 2.24) is 15.2 Å². The third-order valence-corrected chi connectivity index (χ3v) is 7.79. The smallest absolute Gasteiger partial charge is 0.269 e. The highest BCUT2D eigenvalue weighted by atomic mass is 32.2. The van der Waals surface area contributed by atoms with E-state index in [1.807, 2.05) is 0 Å². The van der Waals surface area contributed by atoms with Crippen LogP contribution in [0.1, 0.15) is 74.6 Å². The number of hydrazine groups is 1. The standard InChI is InChI=1S/C21H31N3O4S/c25-20(10-6-9-17-7-2-1-3-8-17)22-23-21(26)18-11-13-19(14-12-18)29(27,28)24-15-4-5-16-24/h11-14,17H,1-10,15-16H2,(H,22,25)(H,23,26). The highest BCUT2D eigenvalue weighted by Crippen LogP contribution is 2.27. The number of nitrogens with zero attached hydrogens (tertiary/aromatic N) is 1. The predicted octanol–water partition coefficient (Wildman–Crippen LogP) is 2.98. The van der Waals surface area contributed by atoms with Crippen LogP contribution in [0.25, 0.3) is 0 Å². The minimum atomic E-state index is -3.49. The lowest BCUT2D eigenvalue weighted by Gasteiger charge is -2.21. The van der Waals surface area contributed by atoms with E-state index >= 15 is 0 Å². The van der Waals surface area contributed by atoms with Crippen molar-refractivity contribution in [3.63, 3.8) is 0 Å². The summed E-state index contributed by atoms with van der Waals surface area (Å²) in [7, 11) is -3.49. The number of nitrogens with one attached hydrogen (secondary N) is 2. The summed E-state index contributed by atoms with van der Waals surface area (Å²) in [4.78, 5) is 24.3. The van der Waals surface area contributed by atoms with Crippen LogP contribution in [0.3, 0.4) is 0 Å². The number of sulfonamides is 1. The largest absolute Gasteiger partial charge is 0.273 e. The van der Waals surface area contributed by atoms with Crippen LogP contribution in [-0.2, 0) is 14.8 Å². The summed E-state index contributed by atoms with van der Waals surface area (Å²) < 4.78 is 26.5. The molecule has 0 aromatic heterocycles. The number of hydrogen-bond acceptors (Lipinski definition) is 4. The Balaban J connectivity index is 1.42. The second-order valence-electron chi connectivity index (χ2n) is 8.03. The van der Waals surface area contributed by atoms with E-state index in [0.717, 1.165) is 31.6 Å². The van der Waals surface area contributed by atoms with E-state index in [1.165, 1.54) is 60.7 Å². The topological polar surface area (TPSA) is 95.6 Å². The maximum Gasteiger partial charge on any atom is 0.269 e. The highest BCUT2D eigenvalue weighted by Gasteiger charge is 2.27. The summed E-state index contributed by atoms with van der Waals surface area (Å²) in [5.41, 5.74) is 5.14. The van der Waals surface area contributed by atoms with E-state index < -0.39 is 15.9 Å². The fourth-order valence-corrected chi connectivity index (χ4v) is 5.66. The van der Waals surface area contributed by atoms with Gasteiger partial charge in [0.15, 0.2) is 0 Å². The van der Waals surface area contributed by atoms with Gasteiger partial charge >= 0.3 is 0 Å². The Labute approximate surface area is 173 Å². The van der Waals surface area contributed by atoms with E-state index in [2.05, 4.69) is 10.9 Å². The van der Waals surface area contributed by atoms with Crippen LogP contribution in [0.2, 0.25) is 0 Å². The second kappa shape index (κ2) is 10.2.